The largest absolute Gasteiger partial charge is 0.472 e. The van der Waals surface area contributed by atoms with Crippen molar-refractivity contribution in [2.75, 3.05) is 34.1 Å². The first-order chi connectivity index (χ1) is 24.3. The van der Waals surface area contributed by atoms with Gasteiger partial charge in [-0.2, -0.15) is 0 Å². The van der Waals surface area contributed by atoms with Crippen molar-refractivity contribution in [2.24, 2.45) is 17.8 Å². The molecule has 2 aromatic carbocycles. The van der Waals surface area contributed by atoms with Crippen LogP contribution in [0.4, 0.5) is 0 Å². The summed E-state index contributed by atoms with van der Waals surface area (Å²) in [6.07, 6.45) is 2.21. The smallest absolute Gasteiger partial charge is 0.261 e. The Balaban J connectivity index is 1.93. The maximum absolute atomic E-state index is 7.92. The molecule has 0 bridgehead atoms. The van der Waals surface area contributed by atoms with E-state index in [2.05, 4.69) is 116 Å². The second-order valence-corrected chi connectivity index (χ2v) is 26.0. The predicted molar refractivity (Wildman–Crippen MR) is 219 cm³/mol. The molecule has 2 aliphatic rings. The van der Waals surface area contributed by atoms with E-state index < -0.39 is 22.2 Å². The Hall–Kier alpha value is -1.13. The molecule has 0 heterocycles. The van der Waals surface area contributed by atoms with Crippen LogP contribution in [0.15, 0.2) is 60.7 Å². The van der Waals surface area contributed by atoms with Gasteiger partial charge in [0.05, 0.1) is 11.7 Å². The van der Waals surface area contributed by atoms with Crippen molar-refractivity contribution in [3.8, 4) is 0 Å². The second kappa shape index (κ2) is 18.5. The lowest BCUT2D eigenvalue weighted by atomic mass is 9.77. The third kappa shape index (κ3) is 9.06. The van der Waals surface area contributed by atoms with Crippen molar-refractivity contribution in [3.63, 3.8) is 0 Å². The van der Waals surface area contributed by atoms with E-state index in [4.69, 9.17) is 44.8 Å². The first-order valence-corrected chi connectivity index (χ1v) is 24.8. The van der Waals surface area contributed by atoms with Crippen LogP contribution in [0.3, 0.4) is 0 Å². The molecule has 0 aliphatic heterocycles. The Morgan fingerprint density at radius 3 is 1.86 bits per heavy atom. The SMILES string of the molecule is CC[Si](CC)(CC)O[C@@H]1[C@@H](OC(=S)SC)[C@@H]2[C@@H](C)[C@@H](O[Si](c3ccccc3)(c3ccccc3)C(C)(C)C)C[C@@H]2[C@@](C)(OCOC)C[C@@H]1OCOC. The van der Waals surface area contributed by atoms with Crippen LogP contribution in [0, 0.1) is 17.8 Å². The van der Waals surface area contributed by atoms with Crippen molar-refractivity contribution < 1.29 is 32.5 Å². The molecule has 4 rings (SSSR count). The van der Waals surface area contributed by atoms with Gasteiger partial charge in [0, 0.05) is 32.7 Å². The van der Waals surface area contributed by atoms with E-state index in [0.29, 0.717) is 10.8 Å². The van der Waals surface area contributed by atoms with Gasteiger partial charge < -0.3 is 32.5 Å². The first-order valence-electron chi connectivity index (χ1n) is 18.7. The maximum atomic E-state index is 7.92. The average Bonchev–Trinajstić information content (AvgIpc) is 3.43. The number of fused-ring (bicyclic) bond motifs is 1. The summed E-state index contributed by atoms with van der Waals surface area (Å²) >= 11 is 7.32. The number of hydrogen-bond donors (Lipinski definition) is 0. The van der Waals surface area contributed by atoms with Crippen LogP contribution in [0.25, 0.3) is 0 Å². The first kappa shape index (κ1) is 42.6. The number of ether oxygens (including phenoxy) is 5. The van der Waals surface area contributed by atoms with Gasteiger partial charge in [0.25, 0.3) is 8.32 Å². The minimum atomic E-state index is -2.87. The van der Waals surface area contributed by atoms with Crippen molar-refractivity contribution in [2.45, 2.75) is 121 Å². The summed E-state index contributed by atoms with van der Waals surface area (Å²) in [5.74, 6) is 0.132. The molecule has 2 fully saturated rings. The average molecular weight is 777 g/mol. The highest BCUT2D eigenvalue weighted by atomic mass is 32.2. The highest BCUT2D eigenvalue weighted by Gasteiger charge is 2.63. The fraction of sp³-hybridized carbons (Fsp3) is 0.675. The lowest BCUT2D eigenvalue weighted by Crippen LogP contribution is -2.68. The molecule has 2 aliphatic carbocycles. The quantitative estimate of drug-likeness (QED) is 0.0951. The summed E-state index contributed by atoms with van der Waals surface area (Å²) in [6.45, 7) is 18.7. The van der Waals surface area contributed by atoms with Gasteiger partial charge in [-0.25, -0.2) is 0 Å². The van der Waals surface area contributed by atoms with Gasteiger partial charge in [-0.1, -0.05) is 121 Å². The highest BCUT2D eigenvalue weighted by molar-refractivity contribution is 8.22. The third-order valence-corrected chi connectivity index (χ3v) is 22.7. The lowest BCUT2D eigenvalue weighted by Gasteiger charge is -2.46. The monoisotopic (exact) mass is 776 g/mol. The molecule has 0 spiro atoms. The van der Waals surface area contributed by atoms with Crippen LogP contribution in [-0.2, 0) is 32.5 Å². The normalized spacial score (nSPS) is 28.6. The number of hydrogen-bond acceptors (Lipinski definition) is 9. The van der Waals surface area contributed by atoms with Crippen molar-refractivity contribution in [1.29, 1.82) is 0 Å². The van der Waals surface area contributed by atoms with E-state index in [-0.39, 0.29) is 60.8 Å². The molecule has 2 aromatic rings. The molecule has 0 aromatic heterocycles. The number of thioether (sulfide) groups is 1. The van der Waals surface area contributed by atoms with Crippen LogP contribution in [0.1, 0.15) is 68.2 Å². The zero-order valence-electron chi connectivity index (χ0n) is 32.9. The minimum Gasteiger partial charge on any atom is -0.472 e. The molecule has 8 atom stereocenters. The van der Waals surface area contributed by atoms with E-state index in [1.54, 1.807) is 14.2 Å². The topological polar surface area (TPSA) is 64.6 Å². The van der Waals surface area contributed by atoms with E-state index in [1.165, 1.54) is 22.1 Å². The summed E-state index contributed by atoms with van der Waals surface area (Å²) in [5, 5.41) is 2.39. The standard InChI is InChI=1S/C40H64O7S2Si2/c1-12-50(13-2,14-3)47-36-34(43-27-41-9)26-40(8,44-28-42-10)32-25-33(29(4)35(32)37(36)45-38(48)49-11)46-51(39(5,6)7,30-21-17-15-18-22-30)31-23-19-16-20-24-31/h15-24,29,32-37H,12-14,25-28H2,1-11H3/t29-,32-,33-,34-,35+,36-,37-,40-/m0/s1. The van der Waals surface area contributed by atoms with Gasteiger partial charge in [-0.15, -0.1) is 0 Å². The van der Waals surface area contributed by atoms with E-state index in [0.717, 1.165) is 24.6 Å². The fourth-order valence-corrected chi connectivity index (χ4v) is 17.0. The zero-order chi connectivity index (χ0) is 37.5. The maximum Gasteiger partial charge on any atom is 0.261 e. The van der Waals surface area contributed by atoms with Crippen molar-refractivity contribution >= 4 is 55.4 Å². The molecule has 2 saturated carbocycles. The predicted octanol–water partition coefficient (Wildman–Crippen LogP) is 8.40. The Labute approximate surface area is 320 Å². The molecule has 0 radical (unpaired) electrons. The molecule has 7 nitrogen and oxygen atoms in total. The highest BCUT2D eigenvalue weighted by Crippen LogP contribution is 2.55. The van der Waals surface area contributed by atoms with Crippen LogP contribution in [0.2, 0.25) is 23.2 Å². The third-order valence-electron chi connectivity index (χ3n) is 12.0. The number of rotatable bonds is 16. The number of methoxy groups -OCH3 is 2. The van der Waals surface area contributed by atoms with Crippen LogP contribution < -0.4 is 10.4 Å². The minimum absolute atomic E-state index is 0.00131. The van der Waals surface area contributed by atoms with E-state index in [1.807, 2.05) is 6.26 Å². The molecule has 0 amide bonds. The van der Waals surface area contributed by atoms with Crippen molar-refractivity contribution in [1.82, 2.24) is 0 Å². The van der Waals surface area contributed by atoms with E-state index >= 15 is 0 Å². The van der Waals surface area contributed by atoms with Crippen LogP contribution in [-0.4, -0.2) is 85.1 Å². The summed E-state index contributed by atoms with van der Waals surface area (Å²) in [5.41, 5.74) is -0.632. The fourth-order valence-electron chi connectivity index (χ4n) is 9.00. The second-order valence-electron chi connectivity index (χ2n) is 15.6. The Bertz CT molecular complexity index is 1310. The lowest BCUT2D eigenvalue weighted by molar-refractivity contribution is -0.179. The Kier molecular flexibility index (Phi) is 15.4. The Morgan fingerprint density at radius 2 is 1.39 bits per heavy atom. The number of benzene rings is 2. The molecular weight excluding hydrogens is 713 g/mol. The molecule has 0 N–H and O–H groups in total. The summed E-state index contributed by atoms with van der Waals surface area (Å²) in [7, 11) is -1.68. The summed E-state index contributed by atoms with van der Waals surface area (Å²) in [6, 6.07) is 24.9. The number of thiocarbonyl (C=S) groups is 1. The zero-order valence-corrected chi connectivity index (χ0v) is 36.6. The van der Waals surface area contributed by atoms with Gasteiger partial charge in [0.1, 0.15) is 25.8 Å². The van der Waals surface area contributed by atoms with Crippen LogP contribution >= 0.6 is 24.0 Å². The van der Waals surface area contributed by atoms with Gasteiger partial charge in [0.2, 0.25) is 4.38 Å². The summed E-state index contributed by atoms with van der Waals surface area (Å²) in [4.78, 5) is 0. The molecule has 11 heteroatoms. The van der Waals surface area contributed by atoms with Gasteiger partial charge in [-0.05, 0) is 77.2 Å². The van der Waals surface area contributed by atoms with Gasteiger partial charge in [-0.3, -0.25) is 0 Å². The molecule has 0 unspecified atom stereocenters. The molecule has 51 heavy (non-hydrogen) atoms. The Morgan fingerprint density at radius 1 is 0.843 bits per heavy atom. The van der Waals surface area contributed by atoms with Gasteiger partial charge >= 0.3 is 0 Å². The molecular formula is C40H64O7S2Si2. The van der Waals surface area contributed by atoms with E-state index in [9.17, 15) is 0 Å². The van der Waals surface area contributed by atoms with Crippen LogP contribution in [0.5, 0.6) is 0 Å². The van der Waals surface area contributed by atoms with Crippen molar-refractivity contribution in [3.05, 3.63) is 60.7 Å². The van der Waals surface area contributed by atoms with Gasteiger partial charge in [0.15, 0.2) is 8.32 Å². The molecule has 286 valence electrons. The summed E-state index contributed by atoms with van der Waals surface area (Å²) < 4.78 is 47.4. The molecule has 0 saturated heterocycles.